The van der Waals surface area contributed by atoms with E-state index in [4.69, 9.17) is 5.73 Å². The summed E-state index contributed by atoms with van der Waals surface area (Å²) in [7, 11) is 0. The summed E-state index contributed by atoms with van der Waals surface area (Å²) in [4.78, 5) is 6.76. The van der Waals surface area contributed by atoms with Gasteiger partial charge in [0.15, 0.2) is 5.96 Å². The fourth-order valence-electron chi connectivity index (χ4n) is 2.75. The smallest absolute Gasteiger partial charge is 0.191 e. The average Bonchev–Trinajstić information content (AvgIpc) is 2.95. The lowest BCUT2D eigenvalue weighted by Crippen LogP contribution is -2.38. The van der Waals surface area contributed by atoms with Gasteiger partial charge in [-0.2, -0.15) is 5.10 Å². The number of aromatic nitrogens is 2. The molecule has 1 aliphatic rings. The van der Waals surface area contributed by atoms with Crippen LogP contribution < -0.4 is 5.73 Å². The fraction of sp³-hybridized carbons (Fsp3) is 0.412. The van der Waals surface area contributed by atoms with E-state index in [0.717, 1.165) is 24.3 Å². The Morgan fingerprint density at radius 3 is 2.45 bits per heavy atom. The molecule has 1 saturated heterocycles. The predicted molar refractivity (Wildman–Crippen MR) is 88.9 cm³/mol. The number of aliphatic imine (C=N–C) groups is 1. The zero-order valence-electron chi connectivity index (χ0n) is 12.9. The van der Waals surface area contributed by atoms with Crippen molar-refractivity contribution in [1.82, 2.24) is 14.7 Å². The molecule has 5 heteroatoms. The second kappa shape index (κ2) is 7.11. The standard InChI is InChI=1S/C17H23N5/c18-17(21-11-3-1-2-4-12-21)19-14-15-6-8-16(9-7-15)22-13-5-10-20-22/h5-10,13H,1-4,11-12,14H2,(H2,18,19). The highest BCUT2D eigenvalue weighted by atomic mass is 15.3. The molecule has 2 N–H and O–H groups in total. The van der Waals surface area contributed by atoms with Crippen LogP contribution in [0.5, 0.6) is 0 Å². The molecule has 1 fully saturated rings. The van der Waals surface area contributed by atoms with Gasteiger partial charge < -0.3 is 10.6 Å². The van der Waals surface area contributed by atoms with Crippen molar-refractivity contribution in [2.24, 2.45) is 10.7 Å². The van der Waals surface area contributed by atoms with Crippen LogP contribution in [0, 0.1) is 0 Å². The summed E-state index contributed by atoms with van der Waals surface area (Å²) in [6.07, 6.45) is 8.76. The van der Waals surface area contributed by atoms with Gasteiger partial charge in [-0.25, -0.2) is 9.67 Å². The Labute approximate surface area is 131 Å². The van der Waals surface area contributed by atoms with E-state index >= 15 is 0 Å². The van der Waals surface area contributed by atoms with Crippen molar-refractivity contribution in [3.8, 4) is 5.69 Å². The van der Waals surface area contributed by atoms with E-state index in [2.05, 4.69) is 39.3 Å². The van der Waals surface area contributed by atoms with Gasteiger partial charge in [0, 0.05) is 25.5 Å². The molecule has 0 unspecified atom stereocenters. The van der Waals surface area contributed by atoms with Gasteiger partial charge >= 0.3 is 0 Å². The molecule has 116 valence electrons. The predicted octanol–water partition coefficient (Wildman–Crippen LogP) is 2.56. The number of nitrogens with zero attached hydrogens (tertiary/aromatic N) is 4. The first-order chi connectivity index (χ1) is 10.8. The zero-order chi connectivity index (χ0) is 15.2. The number of guanidine groups is 1. The highest BCUT2D eigenvalue weighted by Gasteiger charge is 2.10. The van der Waals surface area contributed by atoms with Crippen LogP contribution >= 0.6 is 0 Å². The van der Waals surface area contributed by atoms with E-state index < -0.39 is 0 Å². The molecule has 1 aliphatic heterocycles. The van der Waals surface area contributed by atoms with Gasteiger partial charge in [0.05, 0.1) is 12.2 Å². The number of likely N-dealkylation sites (tertiary alicyclic amines) is 1. The van der Waals surface area contributed by atoms with E-state index in [1.54, 1.807) is 6.20 Å². The molecule has 2 heterocycles. The summed E-state index contributed by atoms with van der Waals surface area (Å²) in [6, 6.07) is 10.2. The number of benzene rings is 1. The van der Waals surface area contributed by atoms with Crippen molar-refractivity contribution in [1.29, 1.82) is 0 Å². The SMILES string of the molecule is NC(=NCc1ccc(-n2cccn2)cc1)N1CCCCCC1. The van der Waals surface area contributed by atoms with Crippen molar-refractivity contribution in [2.45, 2.75) is 32.2 Å². The molecule has 2 aromatic rings. The molecule has 0 bridgehead atoms. The van der Waals surface area contributed by atoms with Crippen molar-refractivity contribution in [3.05, 3.63) is 48.3 Å². The number of nitrogens with two attached hydrogens (primary N) is 1. The third-order valence-corrected chi connectivity index (χ3v) is 4.06. The van der Waals surface area contributed by atoms with E-state index in [-0.39, 0.29) is 0 Å². The van der Waals surface area contributed by atoms with Crippen LogP contribution in [0.4, 0.5) is 0 Å². The molecule has 0 amide bonds. The Kier molecular flexibility index (Phi) is 4.73. The van der Waals surface area contributed by atoms with Gasteiger partial charge in [-0.1, -0.05) is 25.0 Å². The van der Waals surface area contributed by atoms with Crippen molar-refractivity contribution in [2.75, 3.05) is 13.1 Å². The third kappa shape index (κ3) is 3.67. The van der Waals surface area contributed by atoms with Crippen molar-refractivity contribution >= 4 is 5.96 Å². The molecule has 0 radical (unpaired) electrons. The quantitative estimate of drug-likeness (QED) is 0.699. The Morgan fingerprint density at radius 2 is 1.82 bits per heavy atom. The lowest BCUT2D eigenvalue weighted by Gasteiger charge is -2.21. The maximum absolute atomic E-state index is 6.13. The summed E-state index contributed by atoms with van der Waals surface area (Å²) >= 11 is 0. The maximum atomic E-state index is 6.13. The maximum Gasteiger partial charge on any atom is 0.191 e. The molecule has 5 nitrogen and oxygen atoms in total. The molecule has 22 heavy (non-hydrogen) atoms. The van der Waals surface area contributed by atoms with Gasteiger partial charge in [-0.3, -0.25) is 0 Å². The summed E-state index contributed by atoms with van der Waals surface area (Å²) < 4.78 is 1.85. The van der Waals surface area contributed by atoms with Crippen LogP contribution in [0.3, 0.4) is 0 Å². The highest BCUT2D eigenvalue weighted by Crippen LogP contribution is 2.11. The monoisotopic (exact) mass is 297 g/mol. The van der Waals surface area contributed by atoms with Crippen molar-refractivity contribution in [3.63, 3.8) is 0 Å². The molecule has 0 spiro atoms. The molecule has 0 aliphatic carbocycles. The topological polar surface area (TPSA) is 59.4 Å². The minimum atomic E-state index is 0.627. The highest BCUT2D eigenvalue weighted by molar-refractivity contribution is 5.78. The first-order valence-corrected chi connectivity index (χ1v) is 7.97. The minimum Gasteiger partial charge on any atom is -0.370 e. The Morgan fingerprint density at radius 1 is 1.09 bits per heavy atom. The summed E-state index contributed by atoms with van der Waals surface area (Å²) in [5.41, 5.74) is 8.35. The third-order valence-electron chi connectivity index (χ3n) is 4.06. The van der Waals surface area contributed by atoms with Gasteiger partial charge in [-0.15, -0.1) is 0 Å². The minimum absolute atomic E-state index is 0.627. The summed E-state index contributed by atoms with van der Waals surface area (Å²) in [5, 5.41) is 4.22. The largest absolute Gasteiger partial charge is 0.370 e. The fourth-order valence-corrected chi connectivity index (χ4v) is 2.75. The van der Waals surface area contributed by atoms with Crippen molar-refractivity contribution < 1.29 is 0 Å². The second-order valence-corrected chi connectivity index (χ2v) is 5.69. The summed E-state index contributed by atoms with van der Waals surface area (Å²) in [5.74, 6) is 0.679. The molecule has 3 rings (SSSR count). The van der Waals surface area contributed by atoms with E-state index in [1.165, 1.54) is 25.7 Å². The first kappa shape index (κ1) is 14.6. The average molecular weight is 297 g/mol. The van der Waals surface area contributed by atoms with Gasteiger partial charge in [-0.05, 0) is 36.6 Å². The molecular weight excluding hydrogens is 274 g/mol. The molecule has 1 aromatic carbocycles. The van der Waals surface area contributed by atoms with Gasteiger partial charge in [0.25, 0.3) is 0 Å². The lowest BCUT2D eigenvalue weighted by molar-refractivity contribution is 0.428. The van der Waals surface area contributed by atoms with Gasteiger partial charge in [0.1, 0.15) is 0 Å². The van der Waals surface area contributed by atoms with Crippen LogP contribution in [0.2, 0.25) is 0 Å². The molecule has 1 aromatic heterocycles. The van der Waals surface area contributed by atoms with Crippen LogP contribution in [-0.4, -0.2) is 33.7 Å². The molecular formula is C17H23N5. The lowest BCUT2D eigenvalue weighted by atomic mass is 10.2. The molecule has 0 saturated carbocycles. The first-order valence-electron chi connectivity index (χ1n) is 7.97. The Bertz CT molecular complexity index is 592. The Balaban J connectivity index is 1.61. The van der Waals surface area contributed by atoms with Crippen LogP contribution in [-0.2, 0) is 6.54 Å². The van der Waals surface area contributed by atoms with E-state index in [1.807, 2.05) is 16.9 Å². The van der Waals surface area contributed by atoms with E-state index in [0.29, 0.717) is 12.5 Å². The number of hydrogen-bond donors (Lipinski definition) is 1. The zero-order valence-corrected chi connectivity index (χ0v) is 12.9. The number of rotatable bonds is 3. The second-order valence-electron chi connectivity index (χ2n) is 5.69. The van der Waals surface area contributed by atoms with Crippen LogP contribution in [0.25, 0.3) is 5.69 Å². The van der Waals surface area contributed by atoms with Gasteiger partial charge in [0.2, 0.25) is 0 Å². The normalized spacial score (nSPS) is 16.5. The van der Waals surface area contributed by atoms with E-state index in [9.17, 15) is 0 Å². The Hall–Kier alpha value is -2.30. The molecule has 0 atom stereocenters. The van der Waals surface area contributed by atoms with Crippen LogP contribution in [0.15, 0.2) is 47.7 Å². The summed E-state index contributed by atoms with van der Waals surface area (Å²) in [6.45, 7) is 2.70. The van der Waals surface area contributed by atoms with Crippen LogP contribution in [0.1, 0.15) is 31.2 Å². The number of hydrogen-bond acceptors (Lipinski definition) is 2.